The maximum atomic E-state index is 14.3. The molecule has 1 aromatic rings. The summed E-state index contributed by atoms with van der Waals surface area (Å²) in [5, 5.41) is 10.1. The Labute approximate surface area is 223 Å². The Bertz CT molecular complexity index is 932. The van der Waals surface area contributed by atoms with Crippen LogP contribution in [0.5, 0.6) is 0 Å². The molecule has 0 spiro atoms. The van der Waals surface area contributed by atoms with Crippen LogP contribution in [0.3, 0.4) is 0 Å². The van der Waals surface area contributed by atoms with Gasteiger partial charge in [-0.05, 0) is 82.5 Å². The molecule has 5 rings (SSSR count). The third-order valence-corrected chi connectivity index (χ3v) is 9.56. The summed E-state index contributed by atoms with van der Waals surface area (Å²) in [5.41, 5.74) is 2.89. The van der Waals surface area contributed by atoms with Crippen molar-refractivity contribution < 1.29 is 9.59 Å². The van der Waals surface area contributed by atoms with Gasteiger partial charge < -0.3 is 20.9 Å². The number of nitrogens with zero attached hydrogens (tertiary/aromatic N) is 2. The molecule has 1 saturated carbocycles. The minimum Gasteiger partial charge on any atom is -0.343 e. The summed E-state index contributed by atoms with van der Waals surface area (Å²) in [6.07, 6.45) is 11.5. The molecule has 2 saturated heterocycles. The molecule has 204 valence electrons. The summed E-state index contributed by atoms with van der Waals surface area (Å²) in [5.74, 6) is 0.306. The van der Waals surface area contributed by atoms with E-state index in [0.717, 1.165) is 71.1 Å². The second-order valence-electron chi connectivity index (χ2n) is 11.9. The average molecular weight is 510 g/mol. The summed E-state index contributed by atoms with van der Waals surface area (Å²) < 4.78 is 0. The van der Waals surface area contributed by atoms with E-state index in [1.54, 1.807) is 7.05 Å². The zero-order valence-corrected chi connectivity index (χ0v) is 22.9. The van der Waals surface area contributed by atoms with Gasteiger partial charge in [0.2, 0.25) is 11.8 Å². The largest absolute Gasteiger partial charge is 0.343 e. The molecule has 4 aliphatic rings. The lowest BCUT2D eigenvalue weighted by Crippen LogP contribution is -2.65. The predicted molar refractivity (Wildman–Crippen MR) is 147 cm³/mol. The van der Waals surface area contributed by atoms with Crippen LogP contribution in [0.15, 0.2) is 24.3 Å². The van der Waals surface area contributed by atoms with Crippen LogP contribution in [0, 0.1) is 5.92 Å². The summed E-state index contributed by atoms with van der Waals surface area (Å²) in [7, 11) is 1.80. The van der Waals surface area contributed by atoms with E-state index >= 15 is 0 Å². The van der Waals surface area contributed by atoms with E-state index < -0.39 is 6.04 Å². The highest BCUT2D eigenvalue weighted by molar-refractivity contribution is 5.90. The molecule has 2 amide bonds. The Hall–Kier alpha value is -1.96. The van der Waals surface area contributed by atoms with E-state index in [-0.39, 0.29) is 29.8 Å². The van der Waals surface area contributed by atoms with E-state index in [9.17, 15) is 9.59 Å². The standard InChI is InChI=1S/C30H47N5O2/c1-21(31-2)29(36)33-28(23-11-4-3-5-12-23)30(37)35-20-24-14-9-17-34(24)19-25(35)18-32-27-16-8-13-22-10-6-7-15-26(22)27/h6-7,10,15,21,23-25,27-28,31-32H,3-5,8-9,11-14,16-20H2,1-2H3,(H,33,36). The van der Waals surface area contributed by atoms with Crippen LogP contribution >= 0.6 is 0 Å². The third kappa shape index (κ3) is 6.04. The summed E-state index contributed by atoms with van der Waals surface area (Å²) in [4.78, 5) is 32.1. The first-order valence-electron chi connectivity index (χ1n) is 14.9. The van der Waals surface area contributed by atoms with Gasteiger partial charge in [0.15, 0.2) is 0 Å². The Kier molecular flexibility index (Phi) is 8.83. The molecule has 5 atom stereocenters. The van der Waals surface area contributed by atoms with Crippen molar-refractivity contribution in [2.45, 2.75) is 101 Å². The van der Waals surface area contributed by atoms with Crippen LogP contribution in [-0.4, -0.2) is 79.0 Å². The van der Waals surface area contributed by atoms with Crippen LogP contribution in [0.25, 0.3) is 0 Å². The van der Waals surface area contributed by atoms with Crippen molar-refractivity contribution in [3.05, 3.63) is 35.4 Å². The normalized spacial score (nSPS) is 28.3. The number of likely N-dealkylation sites (N-methyl/N-ethyl adjacent to an activating group) is 1. The smallest absolute Gasteiger partial charge is 0.245 e. The van der Waals surface area contributed by atoms with Gasteiger partial charge >= 0.3 is 0 Å². The summed E-state index contributed by atoms with van der Waals surface area (Å²) >= 11 is 0. The van der Waals surface area contributed by atoms with Gasteiger partial charge in [-0.15, -0.1) is 0 Å². The predicted octanol–water partition coefficient (Wildman–Crippen LogP) is 3.00. The van der Waals surface area contributed by atoms with Crippen molar-refractivity contribution in [2.24, 2.45) is 5.92 Å². The molecule has 2 heterocycles. The number of carbonyl (C=O) groups is 2. The van der Waals surface area contributed by atoms with Crippen LogP contribution in [0.4, 0.5) is 0 Å². The number of aryl methyl sites for hydroxylation is 1. The lowest BCUT2D eigenvalue weighted by molar-refractivity contribution is -0.144. The zero-order chi connectivity index (χ0) is 25.8. The third-order valence-electron chi connectivity index (χ3n) is 9.56. The molecule has 2 aliphatic carbocycles. The monoisotopic (exact) mass is 509 g/mol. The maximum absolute atomic E-state index is 14.3. The SMILES string of the molecule is CNC(C)C(=O)NC(C(=O)N1CC2CCCN2CC1CNC1CCCc2ccccc21)C1CCCCC1. The minimum absolute atomic E-state index is 0.0700. The summed E-state index contributed by atoms with van der Waals surface area (Å²) in [6, 6.07) is 9.02. The molecule has 7 nitrogen and oxygen atoms in total. The highest BCUT2D eigenvalue weighted by atomic mass is 16.2. The van der Waals surface area contributed by atoms with Gasteiger partial charge in [-0.25, -0.2) is 0 Å². The van der Waals surface area contributed by atoms with Gasteiger partial charge in [-0.3, -0.25) is 14.5 Å². The van der Waals surface area contributed by atoms with Crippen LogP contribution < -0.4 is 16.0 Å². The number of benzene rings is 1. The number of nitrogens with one attached hydrogen (secondary N) is 3. The fraction of sp³-hybridized carbons (Fsp3) is 0.733. The van der Waals surface area contributed by atoms with Gasteiger partial charge in [0.1, 0.15) is 6.04 Å². The highest BCUT2D eigenvalue weighted by Crippen LogP contribution is 2.32. The quantitative estimate of drug-likeness (QED) is 0.502. The summed E-state index contributed by atoms with van der Waals surface area (Å²) in [6.45, 7) is 5.51. The molecule has 37 heavy (non-hydrogen) atoms. The van der Waals surface area contributed by atoms with Gasteiger partial charge in [0.25, 0.3) is 0 Å². The number of carbonyl (C=O) groups excluding carboxylic acids is 2. The van der Waals surface area contributed by atoms with Gasteiger partial charge in [-0.2, -0.15) is 0 Å². The van der Waals surface area contributed by atoms with E-state index in [1.807, 2.05) is 6.92 Å². The van der Waals surface area contributed by atoms with Crippen molar-refractivity contribution >= 4 is 11.8 Å². The first-order chi connectivity index (χ1) is 18.0. The fourth-order valence-corrected chi connectivity index (χ4v) is 7.21. The molecule has 0 bridgehead atoms. The Balaban J connectivity index is 1.34. The molecule has 3 N–H and O–H groups in total. The van der Waals surface area contributed by atoms with E-state index in [0.29, 0.717) is 12.1 Å². The molecular weight excluding hydrogens is 462 g/mol. The molecule has 2 aliphatic heterocycles. The molecule has 0 aromatic heterocycles. The second kappa shape index (κ2) is 12.3. The Morgan fingerprint density at radius 2 is 1.81 bits per heavy atom. The topological polar surface area (TPSA) is 76.7 Å². The zero-order valence-electron chi connectivity index (χ0n) is 22.9. The van der Waals surface area contributed by atoms with Crippen molar-refractivity contribution in [1.82, 2.24) is 25.8 Å². The van der Waals surface area contributed by atoms with Gasteiger partial charge in [0, 0.05) is 31.7 Å². The number of piperazine rings is 1. The van der Waals surface area contributed by atoms with E-state index in [4.69, 9.17) is 0 Å². The van der Waals surface area contributed by atoms with Crippen LogP contribution in [-0.2, 0) is 16.0 Å². The van der Waals surface area contributed by atoms with Crippen LogP contribution in [0.2, 0.25) is 0 Å². The van der Waals surface area contributed by atoms with Crippen molar-refractivity contribution in [3.63, 3.8) is 0 Å². The molecule has 1 aromatic carbocycles. The lowest BCUT2D eigenvalue weighted by atomic mass is 9.82. The van der Waals surface area contributed by atoms with Crippen LogP contribution in [0.1, 0.15) is 81.9 Å². The van der Waals surface area contributed by atoms with Crippen molar-refractivity contribution in [3.8, 4) is 0 Å². The first-order valence-corrected chi connectivity index (χ1v) is 14.9. The number of fused-ring (bicyclic) bond motifs is 2. The molecular formula is C30H47N5O2. The number of hydrogen-bond donors (Lipinski definition) is 3. The minimum atomic E-state index is -0.422. The fourth-order valence-electron chi connectivity index (χ4n) is 7.21. The number of hydrogen-bond acceptors (Lipinski definition) is 5. The Morgan fingerprint density at radius 3 is 2.62 bits per heavy atom. The molecule has 7 heteroatoms. The van der Waals surface area contributed by atoms with E-state index in [2.05, 4.69) is 50.0 Å². The first kappa shape index (κ1) is 26.6. The maximum Gasteiger partial charge on any atom is 0.245 e. The van der Waals surface area contributed by atoms with Crippen molar-refractivity contribution in [1.29, 1.82) is 0 Å². The number of amides is 2. The average Bonchev–Trinajstić information content (AvgIpc) is 3.41. The van der Waals surface area contributed by atoms with Crippen molar-refractivity contribution in [2.75, 3.05) is 33.2 Å². The lowest BCUT2D eigenvalue weighted by Gasteiger charge is -2.46. The molecule has 3 fully saturated rings. The number of rotatable bonds is 8. The molecule has 5 unspecified atom stereocenters. The van der Waals surface area contributed by atoms with Gasteiger partial charge in [-0.1, -0.05) is 43.5 Å². The van der Waals surface area contributed by atoms with E-state index in [1.165, 1.54) is 30.4 Å². The van der Waals surface area contributed by atoms with Gasteiger partial charge in [0.05, 0.1) is 12.1 Å². The highest BCUT2D eigenvalue weighted by Gasteiger charge is 2.43. The second-order valence-corrected chi connectivity index (χ2v) is 11.9. The Morgan fingerprint density at radius 1 is 1.00 bits per heavy atom. The molecule has 0 radical (unpaired) electrons.